The lowest BCUT2D eigenvalue weighted by Gasteiger charge is -2.34. The average Bonchev–Trinajstić information content (AvgIpc) is 3.08. The molecule has 3 heterocycles. The predicted octanol–water partition coefficient (Wildman–Crippen LogP) is -1.27. The van der Waals surface area contributed by atoms with E-state index >= 15 is 0 Å². The van der Waals surface area contributed by atoms with E-state index in [0.717, 1.165) is 4.57 Å². The van der Waals surface area contributed by atoms with Gasteiger partial charge >= 0.3 is 11.8 Å². The van der Waals surface area contributed by atoms with Gasteiger partial charge in [0, 0.05) is 40.3 Å². The Morgan fingerprint density at radius 2 is 1.70 bits per heavy atom. The van der Waals surface area contributed by atoms with Crippen molar-refractivity contribution in [2.45, 2.75) is 13.5 Å². The van der Waals surface area contributed by atoms with E-state index in [0.29, 0.717) is 38.4 Å². The van der Waals surface area contributed by atoms with Crippen LogP contribution in [0.3, 0.4) is 0 Å². The van der Waals surface area contributed by atoms with E-state index in [4.69, 9.17) is 4.74 Å². The number of imidazole rings is 1. The third kappa shape index (κ3) is 3.32. The van der Waals surface area contributed by atoms with Gasteiger partial charge in [0.05, 0.1) is 12.9 Å². The fourth-order valence-electron chi connectivity index (χ4n) is 3.15. The van der Waals surface area contributed by atoms with Crippen LogP contribution in [0.4, 0.5) is 4.79 Å². The minimum Gasteiger partial charge on any atom is -0.450 e. The number of ether oxygens (including phenoxy) is 1. The molecule has 0 radical (unpaired) electrons. The number of fused-ring (bicyclic) bond motifs is 1. The second kappa shape index (κ2) is 7.25. The van der Waals surface area contributed by atoms with Crippen molar-refractivity contribution in [1.29, 1.82) is 0 Å². The molecule has 0 N–H and O–H groups in total. The zero-order valence-corrected chi connectivity index (χ0v) is 15.5. The van der Waals surface area contributed by atoms with Crippen molar-refractivity contribution in [3.05, 3.63) is 27.2 Å². The summed E-state index contributed by atoms with van der Waals surface area (Å²) in [5, 5.41) is 0. The minimum atomic E-state index is -0.498. The molecule has 0 saturated carbocycles. The number of carbonyl (C=O) groups is 2. The zero-order valence-electron chi connectivity index (χ0n) is 15.5. The van der Waals surface area contributed by atoms with E-state index in [1.54, 1.807) is 16.7 Å². The Kier molecular flexibility index (Phi) is 5.02. The topological polar surface area (TPSA) is 112 Å². The molecule has 2 aromatic heterocycles. The Morgan fingerprint density at radius 3 is 2.33 bits per heavy atom. The SMILES string of the molecule is CCOC(=O)N1CCN(C(=O)Cn2cnc3c(=O)n(C)c(=O)n(C)c32)CC1. The summed E-state index contributed by atoms with van der Waals surface area (Å²) >= 11 is 0. The maximum Gasteiger partial charge on any atom is 0.409 e. The highest BCUT2D eigenvalue weighted by atomic mass is 16.6. The molecule has 0 aliphatic carbocycles. The van der Waals surface area contributed by atoms with E-state index in [9.17, 15) is 19.2 Å². The predicted molar refractivity (Wildman–Crippen MR) is 95.4 cm³/mol. The van der Waals surface area contributed by atoms with Crippen LogP contribution in [0.15, 0.2) is 15.9 Å². The number of nitrogens with zero attached hydrogens (tertiary/aromatic N) is 6. The molecule has 11 heteroatoms. The van der Waals surface area contributed by atoms with Gasteiger partial charge in [0.2, 0.25) is 5.91 Å². The van der Waals surface area contributed by atoms with E-state index < -0.39 is 11.2 Å². The summed E-state index contributed by atoms with van der Waals surface area (Å²) in [5.41, 5.74) is -0.534. The molecule has 0 aromatic carbocycles. The van der Waals surface area contributed by atoms with Crippen LogP contribution in [0.25, 0.3) is 11.2 Å². The molecule has 0 spiro atoms. The van der Waals surface area contributed by atoms with Gasteiger partial charge in [-0.3, -0.25) is 18.7 Å². The Hall–Kier alpha value is -3.11. The summed E-state index contributed by atoms with van der Waals surface area (Å²) in [6.45, 7) is 3.59. The second-order valence-electron chi connectivity index (χ2n) is 6.32. The zero-order chi connectivity index (χ0) is 19.7. The van der Waals surface area contributed by atoms with Crippen LogP contribution in [-0.4, -0.2) is 73.3 Å². The lowest BCUT2D eigenvalue weighted by molar-refractivity contribution is -0.133. The van der Waals surface area contributed by atoms with Gasteiger partial charge in [0.15, 0.2) is 5.52 Å². The Bertz CT molecular complexity index is 995. The van der Waals surface area contributed by atoms with Crippen molar-refractivity contribution in [2.24, 2.45) is 14.1 Å². The number of hydrogen-bond acceptors (Lipinski definition) is 6. The van der Waals surface area contributed by atoms with E-state index in [2.05, 4.69) is 4.98 Å². The smallest absolute Gasteiger partial charge is 0.409 e. The van der Waals surface area contributed by atoms with E-state index in [1.165, 1.54) is 29.6 Å². The molecule has 3 rings (SSSR count). The summed E-state index contributed by atoms with van der Waals surface area (Å²) in [6, 6.07) is 0. The third-order valence-corrected chi connectivity index (χ3v) is 4.67. The maximum absolute atomic E-state index is 12.6. The third-order valence-electron chi connectivity index (χ3n) is 4.67. The molecule has 11 nitrogen and oxygen atoms in total. The highest BCUT2D eigenvalue weighted by molar-refractivity contribution is 5.79. The molecule has 1 fully saturated rings. The summed E-state index contributed by atoms with van der Waals surface area (Å²) < 4.78 is 8.74. The molecule has 0 bridgehead atoms. The monoisotopic (exact) mass is 378 g/mol. The van der Waals surface area contributed by atoms with Gasteiger partial charge < -0.3 is 19.1 Å². The van der Waals surface area contributed by atoms with Gasteiger partial charge in [0.1, 0.15) is 12.2 Å². The molecular formula is C16H22N6O5. The van der Waals surface area contributed by atoms with E-state index in [1.807, 2.05) is 0 Å². The number of rotatable bonds is 3. The van der Waals surface area contributed by atoms with Crippen LogP contribution in [0, 0.1) is 0 Å². The van der Waals surface area contributed by atoms with Gasteiger partial charge in [-0.05, 0) is 6.92 Å². The fraction of sp³-hybridized carbons (Fsp3) is 0.562. The lowest BCUT2D eigenvalue weighted by Crippen LogP contribution is -2.51. The number of carbonyl (C=O) groups excluding carboxylic acids is 2. The summed E-state index contributed by atoms with van der Waals surface area (Å²) in [6.07, 6.45) is 1.01. The Labute approximate surface area is 154 Å². The normalized spacial score (nSPS) is 14.6. The first kappa shape index (κ1) is 18.7. The Balaban J connectivity index is 1.75. The van der Waals surface area contributed by atoms with Gasteiger partial charge in [-0.2, -0.15) is 0 Å². The van der Waals surface area contributed by atoms with Crippen LogP contribution in [0.5, 0.6) is 0 Å². The van der Waals surface area contributed by atoms with Crippen LogP contribution < -0.4 is 11.2 Å². The van der Waals surface area contributed by atoms with Crippen molar-refractivity contribution in [1.82, 2.24) is 28.5 Å². The first-order valence-corrected chi connectivity index (χ1v) is 8.65. The largest absolute Gasteiger partial charge is 0.450 e. The Morgan fingerprint density at radius 1 is 1.07 bits per heavy atom. The summed E-state index contributed by atoms with van der Waals surface area (Å²) in [4.78, 5) is 55.9. The minimum absolute atomic E-state index is 0.0453. The van der Waals surface area contributed by atoms with Crippen LogP contribution in [-0.2, 0) is 30.2 Å². The number of aryl methyl sites for hydroxylation is 1. The first-order valence-electron chi connectivity index (χ1n) is 8.65. The molecule has 1 saturated heterocycles. The number of piperazine rings is 1. The highest BCUT2D eigenvalue weighted by Gasteiger charge is 2.25. The van der Waals surface area contributed by atoms with Gasteiger partial charge in [-0.25, -0.2) is 14.6 Å². The van der Waals surface area contributed by atoms with E-state index in [-0.39, 0.29) is 24.1 Å². The van der Waals surface area contributed by atoms with Crippen molar-refractivity contribution in [2.75, 3.05) is 32.8 Å². The molecule has 0 atom stereocenters. The van der Waals surface area contributed by atoms with Gasteiger partial charge in [-0.1, -0.05) is 0 Å². The quantitative estimate of drug-likeness (QED) is 0.659. The molecule has 0 unspecified atom stereocenters. The standard InChI is InChI=1S/C16H22N6O5/c1-4-27-16(26)21-7-5-20(6-8-21)11(23)9-22-10-17-12-13(22)18(2)15(25)19(3)14(12)24/h10H,4-9H2,1-3H3. The molecule has 2 aromatic rings. The van der Waals surface area contributed by atoms with Gasteiger partial charge in [0.25, 0.3) is 5.56 Å². The van der Waals surface area contributed by atoms with Crippen molar-refractivity contribution in [3.8, 4) is 0 Å². The van der Waals surface area contributed by atoms with Crippen LogP contribution in [0.1, 0.15) is 6.92 Å². The van der Waals surface area contributed by atoms with Gasteiger partial charge in [-0.15, -0.1) is 0 Å². The van der Waals surface area contributed by atoms with Crippen LogP contribution in [0.2, 0.25) is 0 Å². The van der Waals surface area contributed by atoms with Crippen molar-refractivity contribution in [3.63, 3.8) is 0 Å². The molecular weight excluding hydrogens is 356 g/mol. The molecule has 146 valence electrons. The second-order valence-corrected chi connectivity index (χ2v) is 6.32. The molecule has 2 amide bonds. The highest BCUT2D eigenvalue weighted by Crippen LogP contribution is 2.09. The molecule has 27 heavy (non-hydrogen) atoms. The number of aromatic nitrogens is 4. The number of hydrogen-bond donors (Lipinski definition) is 0. The lowest BCUT2D eigenvalue weighted by atomic mass is 10.3. The first-order chi connectivity index (χ1) is 12.8. The van der Waals surface area contributed by atoms with Crippen LogP contribution >= 0.6 is 0 Å². The summed E-state index contributed by atoms with van der Waals surface area (Å²) in [7, 11) is 2.92. The fourth-order valence-corrected chi connectivity index (χ4v) is 3.15. The average molecular weight is 378 g/mol. The van der Waals surface area contributed by atoms with Crippen molar-refractivity contribution >= 4 is 23.2 Å². The molecule has 1 aliphatic rings. The number of amides is 2. The summed E-state index contributed by atoms with van der Waals surface area (Å²) in [5.74, 6) is -0.175. The van der Waals surface area contributed by atoms with Crippen molar-refractivity contribution < 1.29 is 14.3 Å². The maximum atomic E-state index is 12.6. The molecule has 1 aliphatic heterocycles.